The molecule has 1 aliphatic rings. The predicted molar refractivity (Wildman–Crippen MR) is 59.2 cm³/mol. The van der Waals surface area contributed by atoms with Gasteiger partial charge in [-0.2, -0.15) is 0 Å². The van der Waals surface area contributed by atoms with Crippen molar-refractivity contribution in [3.8, 4) is 11.5 Å². The molecule has 0 radical (unpaired) electrons. The molecule has 0 unspecified atom stereocenters. The van der Waals surface area contributed by atoms with Crippen molar-refractivity contribution in [1.29, 1.82) is 0 Å². The Hall–Kier alpha value is -1.29. The zero-order valence-corrected chi connectivity index (χ0v) is 9.29. The topological polar surface area (TPSA) is 55.5 Å². The van der Waals surface area contributed by atoms with Crippen molar-refractivity contribution in [2.75, 3.05) is 13.7 Å². The maximum absolute atomic E-state index is 13.5. The number of ether oxygens (including phenoxy) is 1. The van der Waals surface area contributed by atoms with Gasteiger partial charge in [0, 0.05) is 12.0 Å². The van der Waals surface area contributed by atoms with E-state index in [1.54, 1.807) is 6.07 Å². The second-order valence-corrected chi connectivity index (χ2v) is 4.35. The second kappa shape index (κ2) is 3.94. The minimum atomic E-state index is -0.644. The molecule has 0 aliphatic heterocycles. The lowest BCUT2D eigenvalue weighted by atomic mass is 9.64. The van der Waals surface area contributed by atoms with Crippen LogP contribution in [0, 0.1) is 5.82 Å². The molecule has 0 aromatic heterocycles. The van der Waals surface area contributed by atoms with Crippen LogP contribution in [0.3, 0.4) is 0 Å². The van der Waals surface area contributed by atoms with Crippen molar-refractivity contribution in [1.82, 2.24) is 0 Å². The zero-order chi connectivity index (χ0) is 11.8. The average molecular weight is 225 g/mol. The van der Waals surface area contributed by atoms with Gasteiger partial charge in [0.15, 0.2) is 17.3 Å². The van der Waals surface area contributed by atoms with Crippen LogP contribution in [0.25, 0.3) is 0 Å². The summed E-state index contributed by atoms with van der Waals surface area (Å²) in [6.07, 6.45) is 3.05. The first-order valence-corrected chi connectivity index (χ1v) is 5.40. The number of nitrogens with two attached hydrogens (primary N) is 1. The number of halogens is 1. The zero-order valence-electron chi connectivity index (χ0n) is 9.29. The molecule has 3 N–H and O–H groups in total. The first kappa shape index (κ1) is 11.2. The highest BCUT2D eigenvalue weighted by molar-refractivity contribution is 5.46. The second-order valence-electron chi connectivity index (χ2n) is 4.35. The van der Waals surface area contributed by atoms with Gasteiger partial charge in [-0.25, -0.2) is 4.39 Å². The smallest absolute Gasteiger partial charge is 0.194 e. The van der Waals surface area contributed by atoms with Crippen molar-refractivity contribution in [3.05, 3.63) is 23.5 Å². The van der Waals surface area contributed by atoms with E-state index < -0.39 is 11.6 Å². The number of methoxy groups -OCH3 is 1. The molecule has 0 atom stereocenters. The van der Waals surface area contributed by atoms with Crippen molar-refractivity contribution in [3.63, 3.8) is 0 Å². The van der Waals surface area contributed by atoms with Gasteiger partial charge in [0.1, 0.15) is 0 Å². The summed E-state index contributed by atoms with van der Waals surface area (Å²) < 4.78 is 18.4. The van der Waals surface area contributed by atoms with Crippen LogP contribution < -0.4 is 10.5 Å². The van der Waals surface area contributed by atoms with Crippen LogP contribution in [0.1, 0.15) is 24.8 Å². The molecule has 0 saturated heterocycles. The summed E-state index contributed by atoms with van der Waals surface area (Å²) in [6.45, 7) is 0.500. The molecule has 0 heterocycles. The monoisotopic (exact) mass is 225 g/mol. The third-order valence-electron chi connectivity index (χ3n) is 3.56. The number of hydrogen-bond donors (Lipinski definition) is 2. The van der Waals surface area contributed by atoms with Crippen LogP contribution in [0.4, 0.5) is 4.39 Å². The maximum atomic E-state index is 13.5. The molecule has 2 rings (SSSR count). The fraction of sp³-hybridized carbons (Fsp3) is 0.500. The van der Waals surface area contributed by atoms with Gasteiger partial charge in [-0.1, -0.05) is 6.42 Å². The lowest BCUT2D eigenvalue weighted by Crippen LogP contribution is -2.41. The molecule has 88 valence electrons. The lowest BCUT2D eigenvalue weighted by molar-refractivity contribution is 0.250. The van der Waals surface area contributed by atoms with E-state index in [4.69, 9.17) is 10.5 Å². The van der Waals surface area contributed by atoms with Crippen LogP contribution >= 0.6 is 0 Å². The molecule has 4 heteroatoms. The van der Waals surface area contributed by atoms with Crippen molar-refractivity contribution >= 4 is 0 Å². The highest BCUT2D eigenvalue weighted by Crippen LogP contribution is 2.45. The number of phenols is 1. The fourth-order valence-corrected chi connectivity index (χ4v) is 2.25. The predicted octanol–water partition coefficient (Wildman–Crippen LogP) is 1.92. The SMILES string of the molecule is COc1cc(C2(CN)CCC2)cc(F)c1O. The summed E-state index contributed by atoms with van der Waals surface area (Å²) in [5.41, 5.74) is 6.46. The summed E-state index contributed by atoms with van der Waals surface area (Å²) in [4.78, 5) is 0. The number of aromatic hydroxyl groups is 1. The molecule has 1 fully saturated rings. The minimum absolute atomic E-state index is 0.123. The number of phenolic OH excluding ortho intramolecular Hbond substituents is 1. The molecule has 1 aliphatic carbocycles. The fourth-order valence-electron chi connectivity index (χ4n) is 2.25. The van der Waals surface area contributed by atoms with Gasteiger partial charge in [-0.3, -0.25) is 0 Å². The summed E-state index contributed by atoms with van der Waals surface area (Å²) in [5, 5.41) is 9.42. The number of hydrogen-bond acceptors (Lipinski definition) is 3. The summed E-state index contributed by atoms with van der Waals surface area (Å²) in [6, 6.07) is 3.05. The Morgan fingerprint density at radius 1 is 1.50 bits per heavy atom. The minimum Gasteiger partial charge on any atom is -0.502 e. The Labute approximate surface area is 94.0 Å². The molecule has 1 aromatic rings. The molecule has 0 bridgehead atoms. The lowest BCUT2D eigenvalue weighted by Gasteiger charge is -2.41. The Morgan fingerprint density at radius 2 is 2.19 bits per heavy atom. The molecule has 0 amide bonds. The molecule has 1 aromatic carbocycles. The van der Waals surface area contributed by atoms with E-state index in [0.717, 1.165) is 24.8 Å². The van der Waals surface area contributed by atoms with Crippen molar-refractivity contribution in [2.45, 2.75) is 24.7 Å². The number of benzene rings is 1. The quantitative estimate of drug-likeness (QED) is 0.826. The van der Waals surface area contributed by atoms with E-state index in [1.165, 1.54) is 13.2 Å². The largest absolute Gasteiger partial charge is 0.502 e. The first-order chi connectivity index (χ1) is 7.63. The Balaban J connectivity index is 2.45. The van der Waals surface area contributed by atoms with E-state index in [2.05, 4.69) is 0 Å². The Morgan fingerprint density at radius 3 is 2.62 bits per heavy atom. The van der Waals surface area contributed by atoms with Crippen LogP contribution in [-0.4, -0.2) is 18.8 Å². The van der Waals surface area contributed by atoms with Crippen molar-refractivity contribution in [2.24, 2.45) is 5.73 Å². The Kier molecular flexibility index (Phi) is 2.76. The molecular weight excluding hydrogens is 209 g/mol. The van der Waals surface area contributed by atoms with Gasteiger partial charge in [-0.05, 0) is 30.5 Å². The normalized spacial score (nSPS) is 17.9. The average Bonchev–Trinajstić information content (AvgIpc) is 2.22. The molecular formula is C12H16FNO2. The van der Waals surface area contributed by atoms with Gasteiger partial charge in [-0.15, -0.1) is 0 Å². The summed E-state index contributed by atoms with van der Waals surface area (Å²) >= 11 is 0. The van der Waals surface area contributed by atoms with E-state index in [-0.39, 0.29) is 11.2 Å². The molecule has 0 spiro atoms. The highest BCUT2D eigenvalue weighted by Gasteiger charge is 2.38. The first-order valence-electron chi connectivity index (χ1n) is 5.40. The van der Waals surface area contributed by atoms with E-state index in [0.29, 0.717) is 6.54 Å². The van der Waals surface area contributed by atoms with Gasteiger partial charge >= 0.3 is 0 Å². The maximum Gasteiger partial charge on any atom is 0.194 e. The Bertz CT molecular complexity index is 397. The van der Waals surface area contributed by atoms with Crippen LogP contribution in [-0.2, 0) is 5.41 Å². The molecule has 16 heavy (non-hydrogen) atoms. The molecule has 3 nitrogen and oxygen atoms in total. The van der Waals surface area contributed by atoms with Crippen LogP contribution in [0.5, 0.6) is 11.5 Å². The van der Waals surface area contributed by atoms with Crippen LogP contribution in [0.15, 0.2) is 12.1 Å². The third-order valence-corrected chi connectivity index (χ3v) is 3.56. The highest BCUT2D eigenvalue weighted by atomic mass is 19.1. The third kappa shape index (κ3) is 1.53. The van der Waals surface area contributed by atoms with E-state index in [9.17, 15) is 9.50 Å². The molecule has 1 saturated carbocycles. The van der Waals surface area contributed by atoms with Gasteiger partial charge in [0.2, 0.25) is 0 Å². The summed E-state index contributed by atoms with van der Waals surface area (Å²) in [5.74, 6) is -0.901. The van der Waals surface area contributed by atoms with Crippen molar-refractivity contribution < 1.29 is 14.2 Å². The number of rotatable bonds is 3. The standard InChI is InChI=1S/C12H16FNO2/c1-16-10-6-8(5-9(13)11(10)15)12(7-14)3-2-4-12/h5-6,15H,2-4,7,14H2,1H3. The van der Waals surface area contributed by atoms with Gasteiger partial charge in [0.05, 0.1) is 7.11 Å². The van der Waals surface area contributed by atoms with E-state index in [1.807, 2.05) is 0 Å². The van der Waals surface area contributed by atoms with Gasteiger partial charge < -0.3 is 15.6 Å². The van der Waals surface area contributed by atoms with Crippen LogP contribution in [0.2, 0.25) is 0 Å². The van der Waals surface area contributed by atoms with Gasteiger partial charge in [0.25, 0.3) is 0 Å². The summed E-state index contributed by atoms with van der Waals surface area (Å²) in [7, 11) is 1.41. The van der Waals surface area contributed by atoms with E-state index >= 15 is 0 Å².